The number of guanidine groups is 1. The molecule has 2 unspecified atom stereocenters. The quantitative estimate of drug-likeness (QED) is 0.740. The molecule has 26 heavy (non-hydrogen) atoms. The summed E-state index contributed by atoms with van der Waals surface area (Å²) in [7, 11) is 0.272. The predicted octanol–water partition coefficient (Wildman–Crippen LogP) is 2.57. The Morgan fingerprint density at radius 2 is 2.12 bits per heavy atom. The highest BCUT2D eigenvalue weighted by Crippen LogP contribution is 2.37. The highest BCUT2D eigenvalue weighted by atomic mass is 32.2. The summed E-state index contributed by atoms with van der Waals surface area (Å²) < 4.78 is 33.3. The molecular weight excluding hydrogens is 377 g/mol. The van der Waals surface area contributed by atoms with Gasteiger partial charge in [-0.1, -0.05) is 0 Å². The van der Waals surface area contributed by atoms with Crippen molar-refractivity contribution < 1.29 is 13.0 Å². The molecule has 0 bridgehead atoms. The van der Waals surface area contributed by atoms with E-state index in [9.17, 15) is 8.60 Å². The van der Waals surface area contributed by atoms with Crippen molar-refractivity contribution >= 4 is 28.3 Å². The highest BCUT2D eigenvalue weighted by Gasteiger charge is 2.28. The van der Waals surface area contributed by atoms with Crippen LogP contribution < -0.4 is 5.73 Å². The van der Waals surface area contributed by atoms with E-state index in [-0.39, 0.29) is 11.7 Å². The Balaban J connectivity index is 1.70. The number of oxazole rings is 1. The van der Waals surface area contributed by atoms with Crippen molar-refractivity contribution in [2.45, 2.75) is 6.04 Å². The Labute approximate surface area is 155 Å². The molecule has 0 spiro atoms. The van der Waals surface area contributed by atoms with Crippen LogP contribution in [0.5, 0.6) is 0 Å². The van der Waals surface area contributed by atoms with E-state index in [0.29, 0.717) is 15.5 Å². The Morgan fingerprint density at radius 1 is 1.31 bits per heavy atom. The Hall–Kier alpha value is -2.59. The monoisotopic (exact) mass is 391 g/mol. The van der Waals surface area contributed by atoms with Crippen molar-refractivity contribution in [3.8, 4) is 21.8 Å². The smallest absolute Gasteiger partial charge is 0.203 e. The van der Waals surface area contributed by atoms with Crippen LogP contribution in [0.3, 0.4) is 0 Å². The normalized spacial score (nSPS) is 20.2. The van der Waals surface area contributed by atoms with Gasteiger partial charge in [0.2, 0.25) is 5.96 Å². The molecule has 1 aliphatic rings. The van der Waals surface area contributed by atoms with Crippen LogP contribution in [0.25, 0.3) is 21.8 Å². The lowest BCUT2D eigenvalue weighted by Gasteiger charge is -2.25. The fraction of sp³-hybridized carbons (Fsp3) is 0.188. The van der Waals surface area contributed by atoms with Gasteiger partial charge in [0.1, 0.15) is 22.8 Å². The number of hydrogen-bond donors (Lipinski definition) is 1. The molecule has 0 aromatic carbocycles. The van der Waals surface area contributed by atoms with Crippen molar-refractivity contribution in [3.05, 3.63) is 47.8 Å². The number of thiophene rings is 1. The molecule has 0 saturated heterocycles. The summed E-state index contributed by atoms with van der Waals surface area (Å²) in [6, 6.07) is 2.73. The number of nitrogens with two attached hydrogens (primary N) is 1. The van der Waals surface area contributed by atoms with E-state index in [4.69, 9.17) is 10.2 Å². The first-order valence-electron chi connectivity index (χ1n) is 7.62. The zero-order valence-corrected chi connectivity index (χ0v) is 15.3. The van der Waals surface area contributed by atoms with Gasteiger partial charge in [-0.15, -0.1) is 11.3 Å². The molecule has 7 nitrogen and oxygen atoms in total. The first-order chi connectivity index (χ1) is 12.5. The Morgan fingerprint density at radius 3 is 2.85 bits per heavy atom. The fourth-order valence-corrected chi connectivity index (χ4v) is 4.74. The molecule has 2 atom stereocenters. The molecule has 2 N–H and O–H groups in total. The van der Waals surface area contributed by atoms with E-state index in [1.165, 1.54) is 28.1 Å². The summed E-state index contributed by atoms with van der Waals surface area (Å²) in [5, 5.41) is 0. The number of aromatic nitrogens is 2. The molecule has 4 rings (SSSR count). The molecule has 0 saturated carbocycles. The minimum Gasteiger partial charge on any atom is -0.443 e. The Bertz CT molecular complexity index is 1000. The third-order valence-corrected chi connectivity index (χ3v) is 6.63. The molecular formula is C16H14FN5O2S2. The van der Waals surface area contributed by atoms with E-state index < -0.39 is 22.8 Å². The summed E-state index contributed by atoms with van der Waals surface area (Å²) in [6.45, 7) is 0. The molecule has 4 heterocycles. The molecule has 134 valence electrons. The second kappa shape index (κ2) is 6.61. The van der Waals surface area contributed by atoms with Crippen molar-refractivity contribution in [1.29, 1.82) is 0 Å². The van der Waals surface area contributed by atoms with Crippen molar-refractivity contribution in [3.63, 3.8) is 0 Å². The third kappa shape index (κ3) is 3.01. The van der Waals surface area contributed by atoms with Gasteiger partial charge in [0.05, 0.1) is 16.8 Å². The van der Waals surface area contributed by atoms with Crippen LogP contribution in [-0.4, -0.2) is 37.2 Å². The predicted molar refractivity (Wildman–Crippen MR) is 98.1 cm³/mol. The van der Waals surface area contributed by atoms with Gasteiger partial charge in [-0.25, -0.2) is 18.6 Å². The summed E-state index contributed by atoms with van der Waals surface area (Å²) in [5.41, 5.74) is 7.28. The van der Waals surface area contributed by atoms with E-state index in [1.54, 1.807) is 25.6 Å². The first-order valence-corrected chi connectivity index (χ1v) is 9.71. The molecule has 10 heteroatoms. The lowest BCUT2D eigenvalue weighted by atomic mass is 10.1. The number of rotatable bonds is 3. The summed E-state index contributed by atoms with van der Waals surface area (Å²) in [5.74, 6) is 0.533. The van der Waals surface area contributed by atoms with Gasteiger partial charge >= 0.3 is 0 Å². The average molecular weight is 391 g/mol. The van der Waals surface area contributed by atoms with E-state index >= 15 is 0 Å². The number of hydrogen-bond acceptors (Lipinski definition) is 7. The maximum Gasteiger partial charge on any atom is 0.203 e. The first kappa shape index (κ1) is 16.9. The minimum absolute atomic E-state index is 0.142. The Kier molecular flexibility index (Phi) is 4.29. The molecule has 1 aliphatic heterocycles. The lowest BCUT2D eigenvalue weighted by Crippen LogP contribution is -2.41. The summed E-state index contributed by atoms with van der Waals surface area (Å²) in [4.78, 5) is 13.5. The molecule has 0 amide bonds. The van der Waals surface area contributed by atoms with E-state index in [0.717, 1.165) is 11.1 Å². The van der Waals surface area contributed by atoms with E-state index in [2.05, 4.69) is 15.0 Å². The number of aliphatic imine (C=N–C) groups is 1. The van der Waals surface area contributed by atoms with Gasteiger partial charge in [-0.3, -0.25) is 9.29 Å². The summed E-state index contributed by atoms with van der Waals surface area (Å²) >= 11 is 1.25. The second-order valence-corrected chi connectivity index (χ2v) is 8.25. The zero-order valence-electron chi connectivity index (χ0n) is 13.6. The standard InChI is InChI=1S/C16H14FN5O2S2/c1-22-16(18)21-12(7-26(22)23)15-11(17)3-14(25-15)10-2-9(4-19-5-10)13-6-20-8-24-13/h2-6,8,12H,7H2,1H3,(H2,18,21). The topological polar surface area (TPSA) is 97.6 Å². The fourth-order valence-electron chi connectivity index (χ4n) is 2.58. The largest absolute Gasteiger partial charge is 0.443 e. The maximum atomic E-state index is 14.5. The van der Waals surface area contributed by atoms with Gasteiger partial charge in [-0.2, -0.15) is 0 Å². The molecule has 0 aliphatic carbocycles. The molecule has 3 aromatic rings. The zero-order chi connectivity index (χ0) is 18.3. The third-order valence-electron chi connectivity index (χ3n) is 3.97. The van der Waals surface area contributed by atoms with Gasteiger partial charge in [0.15, 0.2) is 12.2 Å². The molecule has 0 radical (unpaired) electrons. The van der Waals surface area contributed by atoms with Crippen LogP contribution in [-0.2, 0) is 11.0 Å². The highest BCUT2D eigenvalue weighted by molar-refractivity contribution is 7.83. The van der Waals surface area contributed by atoms with Crippen LogP contribution in [0.1, 0.15) is 10.9 Å². The van der Waals surface area contributed by atoms with Crippen LogP contribution in [0, 0.1) is 5.82 Å². The number of nitrogens with zero attached hydrogens (tertiary/aromatic N) is 4. The second-order valence-electron chi connectivity index (χ2n) is 5.64. The molecule has 3 aromatic heterocycles. The number of halogens is 1. The lowest BCUT2D eigenvalue weighted by molar-refractivity contribution is 0.572. The van der Waals surface area contributed by atoms with Crippen LogP contribution >= 0.6 is 11.3 Å². The van der Waals surface area contributed by atoms with Gasteiger partial charge in [0, 0.05) is 35.4 Å². The van der Waals surface area contributed by atoms with Gasteiger partial charge in [-0.05, 0) is 12.1 Å². The van der Waals surface area contributed by atoms with E-state index in [1.807, 2.05) is 6.07 Å². The van der Waals surface area contributed by atoms with Crippen LogP contribution in [0.2, 0.25) is 0 Å². The van der Waals surface area contributed by atoms with Gasteiger partial charge in [0.25, 0.3) is 0 Å². The van der Waals surface area contributed by atoms with Crippen LogP contribution in [0.4, 0.5) is 4.39 Å². The van der Waals surface area contributed by atoms with Crippen molar-refractivity contribution in [2.75, 3.05) is 12.8 Å². The SMILES string of the molecule is CN1C(N)=NC(c2sc(-c3cncc(-c4cnco4)c3)cc2F)CS1=O. The maximum absolute atomic E-state index is 14.5. The average Bonchev–Trinajstić information content (AvgIpc) is 3.29. The molecule has 0 fully saturated rings. The van der Waals surface area contributed by atoms with Crippen molar-refractivity contribution in [1.82, 2.24) is 14.3 Å². The van der Waals surface area contributed by atoms with Crippen molar-refractivity contribution in [2.24, 2.45) is 10.7 Å². The summed E-state index contributed by atoms with van der Waals surface area (Å²) in [6.07, 6.45) is 6.24. The van der Waals surface area contributed by atoms with Crippen LogP contribution in [0.15, 0.2) is 46.5 Å². The van der Waals surface area contributed by atoms with Gasteiger partial charge < -0.3 is 10.2 Å². The minimum atomic E-state index is -1.33. The number of pyridine rings is 1.